The smallest absolute Gasteiger partial charge is 0.257 e. The number of amides is 3. The number of pyridine rings is 1. The average molecular weight is 522 g/mol. The van der Waals surface area contributed by atoms with Gasteiger partial charge in [-0.2, -0.15) is 0 Å². The molecular formula is C26H21F2N5O3S. The summed E-state index contributed by atoms with van der Waals surface area (Å²) in [4.78, 5) is 45.3. The van der Waals surface area contributed by atoms with Gasteiger partial charge in [0.05, 0.1) is 17.7 Å². The third-order valence-corrected chi connectivity index (χ3v) is 5.91. The molecule has 1 unspecified atom stereocenters. The first-order valence-corrected chi connectivity index (χ1v) is 12.0. The van der Waals surface area contributed by atoms with Crippen LogP contribution in [0.1, 0.15) is 22.8 Å². The van der Waals surface area contributed by atoms with Crippen LogP contribution < -0.4 is 16.0 Å². The zero-order chi connectivity index (χ0) is 26.4. The van der Waals surface area contributed by atoms with Gasteiger partial charge >= 0.3 is 0 Å². The highest BCUT2D eigenvalue weighted by Crippen LogP contribution is 2.26. The third kappa shape index (κ3) is 7.01. The van der Waals surface area contributed by atoms with Gasteiger partial charge < -0.3 is 16.0 Å². The van der Waals surface area contributed by atoms with E-state index in [0.717, 1.165) is 23.8 Å². The maximum Gasteiger partial charge on any atom is 0.257 e. The van der Waals surface area contributed by atoms with Crippen LogP contribution in [0.25, 0.3) is 11.3 Å². The number of nitrogens with zero attached hydrogens (tertiary/aromatic N) is 2. The van der Waals surface area contributed by atoms with Crippen LogP contribution in [0.5, 0.6) is 0 Å². The van der Waals surface area contributed by atoms with Crippen molar-refractivity contribution in [3.8, 4) is 11.3 Å². The van der Waals surface area contributed by atoms with Crippen molar-refractivity contribution in [2.75, 3.05) is 10.6 Å². The van der Waals surface area contributed by atoms with E-state index in [9.17, 15) is 23.2 Å². The molecule has 0 spiro atoms. The summed E-state index contributed by atoms with van der Waals surface area (Å²) in [6.07, 6.45) is 2.80. The fraction of sp³-hybridized carbons (Fsp3) is 0.115. The lowest BCUT2D eigenvalue weighted by Gasteiger charge is -2.13. The Bertz CT molecular complexity index is 1410. The van der Waals surface area contributed by atoms with Crippen LogP contribution in [0.4, 0.5) is 19.6 Å². The maximum atomic E-state index is 13.3. The highest BCUT2D eigenvalue weighted by Gasteiger charge is 2.18. The Morgan fingerprint density at radius 3 is 2.41 bits per heavy atom. The summed E-state index contributed by atoms with van der Waals surface area (Å²) < 4.78 is 26.6. The van der Waals surface area contributed by atoms with Gasteiger partial charge in [-0.25, -0.2) is 13.8 Å². The molecule has 3 N–H and O–H groups in total. The van der Waals surface area contributed by atoms with E-state index in [4.69, 9.17) is 0 Å². The van der Waals surface area contributed by atoms with Gasteiger partial charge in [0, 0.05) is 35.1 Å². The summed E-state index contributed by atoms with van der Waals surface area (Å²) >= 11 is 1.21. The quantitative estimate of drug-likeness (QED) is 0.318. The first kappa shape index (κ1) is 25.6. The van der Waals surface area contributed by atoms with E-state index in [1.54, 1.807) is 48.0 Å². The Balaban J connectivity index is 1.30. The number of carbonyl (C=O) groups is 3. The van der Waals surface area contributed by atoms with Crippen LogP contribution >= 0.6 is 11.3 Å². The molecule has 4 aromatic rings. The van der Waals surface area contributed by atoms with E-state index in [0.29, 0.717) is 22.1 Å². The van der Waals surface area contributed by atoms with Crippen molar-refractivity contribution in [1.82, 2.24) is 15.3 Å². The van der Waals surface area contributed by atoms with Crippen molar-refractivity contribution in [1.29, 1.82) is 0 Å². The number of halogens is 2. The number of rotatable bonds is 8. The van der Waals surface area contributed by atoms with Crippen molar-refractivity contribution < 1.29 is 23.2 Å². The van der Waals surface area contributed by atoms with Crippen molar-refractivity contribution in [3.05, 3.63) is 95.1 Å². The monoisotopic (exact) mass is 521 g/mol. The fourth-order valence-corrected chi connectivity index (χ4v) is 4.08. The van der Waals surface area contributed by atoms with Gasteiger partial charge in [-0.15, -0.1) is 11.3 Å². The van der Waals surface area contributed by atoms with E-state index in [2.05, 4.69) is 25.9 Å². The van der Waals surface area contributed by atoms with E-state index < -0.39 is 29.5 Å². The van der Waals surface area contributed by atoms with Gasteiger partial charge in [0.2, 0.25) is 11.8 Å². The number of nitrogens with one attached hydrogen (secondary N) is 3. The summed E-state index contributed by atoms with van der Waals surface area (Å²) in [6, 6.07) is 12.3. The summed E-state index contributed by atoms with van der Waals surface area (Å²) in [5, 5.41) is 10.0. The van der Waals surface area contributed by atoms with Crippen LogP contribution in [0.3, 0.4) is 0 Å². The minimum Gasteiger partial charge on any atom is -0.344 e. The van der Waals surface area contributed by atoms with E-state index in [-0.39, 0.29) is 17.9 Å². The topological polar surface area (TPSA) is 113 Å². The Labute approximate surface area is 214 Å². The summed E-state index contributed by atoms with van der Waals surface area (Å²) in [5.41, 5.74) is 2.61. The van der Waals surface area contributed by atoms with Crippen molar-refractivity contribution in [2.24, 2.45) is 0 Å². The second kappa shape index (κ2) is 11.5. The maximum absolute atomic E-state index is 13.3. The fourth-order valence-electron chi connectivity index (χ4n) is 3.36. The summed E-state index contributed by atoms with van der Waals surface area (Å²) in [5.74, 6) is -2.88. The minimum atomic E-state index is -0.902. The molecule has 0 aliphatic carbocycles. The molecule has 2 heterocycles. The molecule has 188 valence electrons. The highest BCUT2D eigenvalue weighted by atomic mass is 32.1. The van der Waals surface area contributed by atoms with Crippen molar-refractivity contribution in [2.45, 2.75) is 19.4 Å². The van der Waals surface area contributed by atoms with Gasteiger partial charge in [0.25, 0.3) is 5.91 Å². The molecule has 0 aliphatic heterocycles. The molecule has 2 aromatic carbocycles. The summed E-state index contributed by atoms with van der Waals surface area (Å²) in [6.45, 7) is 1.49. The number of carbonyl (C=O) groups excluding carboxylic acids is 3. The van der Waals surface area contributed by atoms with E-state index in [1.807, 2.05) is 0 Å². The summed E-state index contributed by atoms with van der Waals surface area (Å²) in [7, 11) is 0. The molecule has 0 radical (unpaired) electrons. The van der Waals surface area contributed by atoms with Crippen LogP contribution in [-0.2, 0) is 16.0 Å². The standard InChI is InChI=1S/C26H21F2N5O3S/c1-15(30-23(34)11-16-9-19(27)12-20(28)10-16)24(35)33-26-32-22(14-37-26)17-4-6-21(7-5-17)31-25(36)18-3-2-8-29-13-18/h2-10,12-15H,11H2,1H3,(H,30,34)(H,31,36)(H,32,33,35). The molecule has 0 aliphatic rings. The third-order valence-electron chi connectivity index (χ3n) is 5.15. The normalized spacial score (nSPS) is 11.4. The molecule has 4 rings (SSSR count). The molecule has 0 saturated carbocycles. The molecule has 37 heavy (non-hydrogen) atoms. The Hall–Kier alpha value is -4.51. The number of hydrogen-bond acceptors (Lipinski definition) is 6. The van der Waals surface area contributed by atoms with Gasteiger partial charge in [-0.05, 0) is 48.9 Å². The van der Waals surface area contributed by atoms with Crippen molar-refractivity contribution >= 4 is 39.9 Å². The molecule has 2 aromatic heterocycles. The number of hydrogen-bond donors (Lipinski definition) is 3. The SMILES string of the molecule is CC(NC(=O)Cc1cc(F)cc(F)c1)C(=O)Nc1nc(-c2ccc(NC(=O)c3cccnc3)cc2)cs1. The van der Waals surface area contributed by atoms with E-state index >= 15 is 0 Å². The number of thiazole rings is 1. The van der Waals surface area contributed by atoms with Gasteiger partial charge in [0.15, 0.2) is 5.13 Å². The lowest BCUT2D eigenvalue weighted by molar-refractivity contribution is -0.125. The zero-order valence-corrected chi connectivity index (χ0v) is 20.3. The number of anilines is 2. The zero-order valence-electron chi connectivity index (χ0n) is 19.5. The minimum absolute atomic E-state index is 0.162. The molecule has 11 heteroatoms. The van der Waals surface area contributed by atoms with Crippen LogP contribution in [0, 0.1) is 11.6 Å². The lowest BCUT2D eigenvalue weighted by Crippen LogP contribution is -2.42. The van der Waals surface area contributed by atoms with Crippen LogP contribution in [-0.4, -0.2) is 33.7 Å². The largest absolute Gasteiger partial charge is 0.344 e. The highest BCUT2D eigenvalue weighted by molar-refractivity contribution is 7.14. The van der Waals surface area contributed by atoms with Gasteiger partial charge in [-0.3, -0.25) is 19.4 Å². The van der Waals surface area contributed by atoms with Crippen molar-refractivity contribution in [3.63, 3.8) is 0 Å². The predicted molar refractivity (Wildman–Crippen MR) is 136 cm³/mol. The molecule has 0 bridgehead atoms. The van der Waals surface area contributed by atoms with Gasteiger partial charge in [-0.1, -0.05) is 12.1 Å². The predicted octanol–water partition coefficient (Wildman–Crippen LogP) is 4.42. The first-order valence-electron chi connectivity index (χ1n) is 11.1. The van der Waals surface area contributed by atoms with Gasteiger partial charge in [0.1, 0.15) is 17.7 Å². The van der Waals surface area contributed by atoms with E-state index in [1.165, 1.54) is 24.5 Å². The Kier molecular flexibility index (Phi) is 7.94. The molecule has 0 saturated heterocycles. The second-order valence-corrected chi connectivity index (χ2v) is 8.90. The number of benzene rings is 2. The molecule has 1 atom stereocenters. The average Bonchev–Trinajstić information content (AvgIpc) is 3.32. The Morgan fingerprint density at radius 2 is 1.73 bits per heavy atom. The van der Waals surface area contributed by atoms with Crippen LogP contribution in [0.2, 0.25) is 0 Å². The molecule has 0 fully saturated rings. The molecule has 3 amide bonds. The van der Waals surface area contributed by atoms with Crippen LogP contribution in [0.15, 0.2) is 72.4 Å². The lowest BCUT2D eigenvalue weighted by atomic mass is 10.1. The molecule has 8 nitrogen and oxygen atoms in total. The molecular weight excluding hydrogens is 500 g/mol. The second-order valence-electron chi connectivity index (χ2n) is 8.04. The Morgan fingerprint density at radius 1 is 1.00 bits per heavy atom. The number of aromatic nitrogens is 2. The first-order chi connectivity index (χ1) is 17.8.